The Labute approximate surface area is 559 Å². The highest BCUT2D eigenvalue weighted by molar-refractivity contribution is 5.76. The molecule has 92 heavy (non-hydrogen) atoms. The number of carbonyl (C=O) groups excluding carboxylic acids is 1. The van der Waals surface area contributed by atoms with Crippen molar-refractivity contribution in [1.29, 1.82) is 0 Å². The predicted molar refractivity (Wildman–Crippen MR) is 378 cm³/mol. The number of ether oxygens (including phenoxy) is 4. The summed E-state index contributed by atoms with van der Waals surface area (Å²) < 4.78 is 22.9. The number of nitrogens with one attached hydrogen (secondary N) is 1. The molecule has 0 spiro atoms. The second kappa shape index (κ2) is 61.3. The van der Waals surface area contributed by atoms with E-state index in [-0.39, 0.29) is 18.9 Å². The van der Waals surface area contributed by atoms with Crippen molar-refractivity contribution in [2.45, 2.75) is 357 Å². The lowest BCUT2D eigenvalue weighted by atomic mass is 9.97. The van der Waals surface area contributed by atoms with Gasteiger partial charge in [-0.3, -0.25) is 4.79 Å². The lowest BCUT2D eigenvalue weighted by molar-refractivity contribution is -0.359. The molecule has 0 aromatic rings. The van der Waals surface area contributed by atoms with Gasteiger partial charge < -0.3 is 65.1 Å². The maximum absolute atomic E-state index is 13.4. The molecule has 14 nitrogen and oxygen atoms in total. The van der Waals surface area contributed by atoms with Gasteiger partial charge in [-0.15, -0.1) is 0 Å². The Bertz CT molecular complexity index is 1960. The quantitative estimate of drug-likeness (QED) is 0.0204. The average molecular weight is 1290 g/mol. The van der Waals surface area contributed by atoms with E-state index in [0.717, 1.165) is 83.5 Å². The van der Waals surface area contributed by atoms with Crippen molar-refractivity contribution < 1.29 is 64.6 Å². The molecule has 2 aliphatic heterocycles. The molecule has 2 rings (SSSR count). The first-order valence-electron chi connectivity index (χ1n) is 37.1. The molecule has 2 fully saturated rings. The van der Waals surface area contributed by atoms with Crippen molar-refractivity contribution in [3.63, 3.8) is 0 Å². The molecule has 2 heterocycles. The zero-order valence-electron chi connectivity index (χ0n) is 57.8. The molecule has 1 amide bonds. The Balaban J connectivity index is 1.66. The molecule has 9 N–H and O–H groups in total. The van der Waals surface area contributed by atoms with Crippen LogP contribution in [0.5, 0.6) is 0 Å². The number of aliphatic hydroxyl groups excluding tert-OH is 8. The molecule has 2 saturated heterocycles. The third kappa shape index (κ3) is 44.4. The molecule has 12 atom stereocenters. The molecule has 0 radical (unpaired) electrons. The molecule has 530 valence electrons. The third-order valence-corrected chi connectivity index (χ3v) is 17.4. The summed E-state index contributed by atoms with van der Waals surface area (Å²) in [5.74, 6) is -0.252. The minimum atomic E-state index is -1.80. The molecule has 0 bridgehead atoms. The first-order chi connectivity index (χ1) is 45.1. The normalized spacial score (nSPS) is 23.3. The fourth-order valence-corrected chi connectivity index (χ4v) is 11.6. The van der Waals surface area contributed by atoms with E-state index in [1.807, 2.05) is 6.08 Å². The molecule has 12 unspecified atom stereocenters. The smallest absolute Gasteiger partial charge is 0.220 e. The standard InChI is InChI=1S/C78H135NO13/c1-3-5-7-9-11-13-15-17-19-21-23-25-27-28-29-30-31-32-33-34-35-36-37-38-40-42-44-46-48-50-52-54-56-58-60-62-70(83)79-66(65-89-77-75(88)73(86)76(69(64-81)91-77)92-78-74(87)72(85)71(84)68(63-80)90-78)67(82)61-59-57-55-53-51-49-47-45-43-41-39-26-24-22-20-18-16-14-12-10-8-6-4-2/h5,7,11,13,17,19,23,25,28-29,31-32,34-35,51,53,59,61,66-69,71-78,80-82,84-88H,3-4,6,8-10,12,14-16,18,20-22,24,26-27,30,33,36-50,52,54-58,60,62-65H2,1-2H3,(H,79,83)/b7-5-,13-11-,19-17-,25-23-,29-28-,32-31-,35-34-,53-51+,61-59+. The zero-order valence-corrected chi connectivity index (χ0v) is 57.8. The summed E-state index contributed by atoms with van der Waals surface area (Å²) >= 11 is 0. The zero-order chi connectivity index (χ0) is 66.6. The molecule has 0 aromatic heterocycles. The molecule has 14 heteroatoms. The summed E-state index contributed by atoms with van der Waals surface area (Å²) in [5.41, 5.74) is 0. The number of carbonyl (C=O) groups is 1. The molecular formula is C78H135NO13. The SMILES string of the molecule is CC/C=C\C/C=C\C/C=C\C/C=C\C/C=C\C/C=C\C/C=C\CCCCCCCCCCCCCCCC(=O)NC(COC1OC(CO)C(OC2OC(CO)C(O)C(O)C2O)C(O)C1O)C(O)/C=C/CC/C=C/CCCCCCCCCCCCCCCCCCC. The van der Waals surface area contributed by atoms with Gasteiger partial charge in [0.15, 0.2) is 12.6 Å². The highest BCUT2D eigenvalue weighted by Crippen LogP contribution is 2.30. The molecule has 2 aliphatic rings. The second-order valence-electron chi connectivity index (χ2n) is 25.7. The lowest BCUT2D eigenvalue weighted by Crippen LogP contribution is -2.65. The molecule has 0 aromatic carbocycles. The van der Waals surface area contributed by atoms with E-state index >= 15 is 0 Å². The highest BCUT2D eigenvalue weighted by atomic mass is 16.7. The largest absolute Gasteiger partial charge is 0.394 e. The van der Waals surface area contributed by atoms with Crippen LogP contribution in [0.15, 0.2) is 109 Å². The Kier molecular flexibility index (Phi) is 56.4. The summed E-state index contributed by atoms with van der Waals surface area (Å²) in [6.07, 6.45) is 71.4. The van der Waals surface area contributed by atoms with Crippen LogP contribution in [0.1, 0.15) is 284 Å². The van der Waals surface area contributed by atoms with Gasteiger partial charge in [-0.1, -0.05) is 297 Å². The molecule has 0 saturated carbocycles. The van der Waals surface area contributed by atoms with Crippen molar-refractivity contribution in [1.82, 2.24) is 5.32 Å². The number of aliphatic hydroxyl groups is 8. The number of allylic oxidation sites excluding steroid dienone is 17. The van der Waals surface area contributed by atoms with Gasteiger partial charge in [-0.05, 0) is 89.9 Å². The molecule has 0 aliphatic carbocycles. The van der Waals surface area contributed by atoms with Crippen molar-refractivity contribution in [2.24, 2.45) is 0 Å². The summed E-state index contributed by atoms with van der Waals surface area (Å²) in [6.45, 7) is 2.69. The van der Waals surface area contributed by atoms with Gasteiger partial charge in [0.05, 0.1) is 32.0 Å². The van der Waals surface area contributed by atoms with Crippen LogP contribution in [-0.2, 0) is 23.7 Å². The van der Waals surface area contributed by atoms with Crippen molar-refractivity contribution in [3.05, 3.63) is 109 Å². The van der Waals surface area contributed by atoms with Crippen LogP contribution in [0, 0.1) is 0 Å². The van der Waals surface area contributed by atoms with E-state index in [9.17, 15) is 45.6 Å². The van der Waals surface area contributed by atoms with E-state index in [1.54, 1.807) is 6.08 Å². The van der Waals surface area contributed by atoms with Crippen LogP contribution in [0.3, 0.4) is 0 Å². The Hall–Kier alpha value is -3.35. The van der Waals surface area contributed by atoms with Crippen LogP contribution in [-0.4, -0.2) is 140 Å². The van der Waals surface area contributed by atoms with Crippen LogP contribution >= 0.6 is 0 Å². The Morgan fingerprint density at radius 2 is 0.761 bits per heavy atom. The first-order valence-corrected chi connectivity index (χ1v) is 37.1. The lowest BCUT2D eigenvalue weighted by Gasteiger charge is -2.46. The highest BCUT2D eigenvalue weighted by Gasteiger charge is 2.51. The topological polar surface area (TPSA) is 228 Å². The second-order valence-corrected chi connectivity index (χ2v) is 25.7. The van der Waals surface area contributed by atoms with Gasteiger partial charge in [0.2, 0.25) is 5.91 Å². The van der Waals surface area contributed by atoms with Gasteiger partial charge in [0.1, 0.15) is 48.8 Å². The van der Waals surface area contributed by atoms with Gasteiger partial charge in [0, 0.05) is 6.42 Å². The number of amides is 1. The van der Waals surface area contributed by atoms with E-state index in [4.69, 9.17) is 18.9 Å². The predicted octanol–water partition coefficient (Wildman–Crippen LogP) is 15.9. The van der Waals surface area contributed by atoms with Gasteiger partial charge in [0.25, 0.3) is 0 Å². The van der Waals surface area contributed by atoms with E-state index in [1.165, 1.54) is 167 Å². The minimum absolute atomic E-state index is 0.252. The summed E-state index contributed by atoms with van der Waals surface area (Å²) in [5, 5.41) is 87.5. The Morgan fingerprint density at radius 1 is 0.402 bits per heavy atom. The first kappa shape index (κ1) is 84.7. The van der Waals surface area contributed by atoms with Crippen molar-refractivity contribution >= 4 is 5.91 Å². The maximum Gasteiger partial charge on any atom is 0.220 e. The van der Waals surface area contributed by atoms with Crippen LogP contribution in [0.2, 0.25) is 0 Å². The third-order valence-electron chi connectivity index (χ3n) is 17.4. The fraction of sp³-hybridized carbons (Fsp3) is 0.756. The van der Waals surface area contributed by atoms with Crippen LogP contribution in [0.4, 0.5) is 0 Å². The van der Waals surface area contributed by atoms with Gasteiger partial charge >= 0.3 is 0 Å². The Morgan fingerprint density at radius 3 is 1.20 bits per heavy atom. The maximum atomic E-state index is 13.4. The van der Waals surface area contributed by atoms with Crippen LogP contribution in [0.25, 0.3) is 0 Å². The fourth-order valence-electron chi connectivity index (χ4n) is 11.6. The summed E-state index contributed by atoms with van der Waals surface area (Å²) in [4.78, 5) is 13.4. The summed E-state index contributed by atoms with van der Waals surface area (Å²) in [6, 6.07) is -0.940. The number of rotatable bonds is 60. The van der Waals surface area contributed by atoms with E-state index in [2.05, 4.69) is 116 Å². The van der Waals surface area contributed by atoms with E-state index < -0.39 is 86.8 Å². The molecular weight excluding hydrogens is 1160 g/mol. The minimum Gasteiger partial charge on any atom is -0.394 e. The average Bonchev–Trinajstić information content (AvgIpc) is 0.830. The number of unbranched alkanes of at least 4 members (excludes halogenated alkanes) is 31. The van der Waals surface area contributed by atoms with Crippen molar-refractivity contribution in [3.8, 4) is 0 Å². The van der Waals surface area contributed by atoms with Gasteiger partial charge in [-0.25, -0.2) is 0 Å². The van der Waals surface area contributed by atoms with Crippen molar-refractivity contribution in [2.75, 3.05) is 19.8 Å². The van der Waals surface area contributed by atoms with E-state index in [0.29, 0.717) is 12.8 Å². The monoisotopic (exact) mass is 1290 g/mol. The number of hydrogen-bond acceptors (Lipinski definition) is 13. The van der Waals surface area contributed by atoms with Gasteiger partial charge in [-0.2, -0.15) is 0 Å². The number of hydrogen-bond donors (Lipinski definition) is 9. The summed E-state index contributed by atoms with van der Waals surface area (Å²) in [7, 11) is 0. The van der Waals surface area contributed by atoms with Crippen LogP contribution < -0.4 is 5.32 Å².